The Labute approximate surface area is 126 Å². The highest BCUT2D eigenvalue weighted by Gasteiger charge is 2.19. The van der Waals surface area contributed by atoms with Crippen LogP contribution in [0.1, 0.15) is 12.6 Å². The molecule has 0 unspecified atom stereocenters. The topological polar surface area (TPSA) is 28.6 Å². The van der Waals surface area contributed by atoms with Crippen LogP contribution in [0.5, 0.6) is 5.75 Å². The third-order valence-electron chi connectivity index (χ3n) is 4.29. The molecule has 1 aromatic carbocycles. The number of benzene rings is 1. The van der Waals surface area contributed by atoms with E-state index in [0.717, 1.165) is 49.7 Å². The maximum absolute atomic E-state index is 5.47. The number of ether oxygens (including phenoxy) is 1. The number of hydrogen-bond donors (Lipinski definition) is 0. The highest BCUT2D eigenvalue weighted by Crippen LogP contribution is 2.32. The van der Waals surface area contributed by atoms with E-state index in [1.54, 1.807) is 7.11 Å². The molecule has 0 aliphatic carbocycles. The molecule has 1 aromatic heterocycles. The Balaban J connectivity index is 2.02. The highest BCUT2D eigenvalue weighted by atomic mass is 16.5. The summed E-state index contributed by atoms with van der Waals surface area (Å²) in [5.41, 5.74) is 3.29. The number of methoxy groups -OCH3 is 1. The van der Waals surface area contributed by atoms with Crippen LogP contribution in [0.15, 0.2) is 24.3 Å². The van der Waals surface area contributed by atoms with Gasteiger partial charge in [0.25, 0.3) is 0 Å². The van der Waals surface area contributed by atoms with Crippen molar-refractivity contribution in [3.63, 3.8) is 0 Å². The fraction of sp³-hybridized carbons (Fsp3) is 0.471. The van der Waals surface area contributed by atoms with Crippen LogP contribution in [0, 0.1) is 6.92 Å². The number of fused-ring (bicyclic) bond motifs is 1. The quantitative estimate of drug-likeness (QED) is 0.867. The fourth-order valence-corrected chi connectivity index (χ4v) is 3.06. The van der Waals surface area contributed by atoms with Gasteiger partial charge in [0.1, 0.15) is 11.3 Å². The maximum Gasteiger partial charge on any atom is 0.145 e. The zero-order chi connectivity index (χ0) is 14.8. The number of likely N-dealkylation sites (N-methyl/N-ethyl adjacent to an activating group) is 1. The molecular formula is C17H23N3O. The first-order valence-corrected chi connectivity index (χ1v) is 7.64. The smallest absolute Gasteiger partial charge is 0.145 e. The minimum absolute atomic E-state index is 0.852. The summed E-state index contributed by atoms with van der Waals surface area (Å²) in [6.45, 7) is 9.82. The van der Waals surface area contributed by atoms with Gasteiger partial charge in [-0.25, -0.2) is 4.98 Å². The minimum Gasteiger partial charge on any atom is -0.494 e. The average molecular weight is 285 g/mol. The van der Waals surface area contributed by atoms with Crippen molar-refractivity contribution in [3.8, 4) is 5.75 Å². The van der Waals surface area contributed by atoms with Gasteiger partial charge in [-0.1, -0.05) is 19.1 Å². The van der Waals surface area contributed by atoms with Gasteiger partial charge < -0.3 is 14.5 Å². The van der Waals surface area contributed by atoms with Gasteiger partial charge in [0, 0.05) is 42.9 Å². The van der Waals surface area contributed by atoms with E-state index in [1.807, 2.05) is 12.1 Å². The van der Waals surface area contributed by atoms with Crippen molar-refractivity contribution in [3.05, 3.63) is 30.0 Å². The molecule has 0 spiro atoms. The Kier molecular flexibility index (Phi) is 3.97. The van der Waals surface area contributed by atoms with E-state index in [4.69, 9.17) is 4.74 Å². The van der Waals surface area contributed by atoms with E-state index in [2.05, 4.69) is 40.8 Å². The van der Waals surface area contributed by atoms with Crippen molar-refractivity contribution >= 4 is 16.6 Å². The normalized spacial score (nSPS) is 16.4. The molecule has 4 heteroatoms. The summed E-state index contributed by atoms with van der Waals surface area (Å²) in [7, 11) is 1.71. The second kappa shape index (κ2) is 5.90. The summed E-state index contributed by atoms with van der Waals surface area (Å²) in [6, 6.07) is 8.37. The van der Waals surface area contributed by atoms with Crippen molar-refractivity contribution in [2.45, 2.75) is 13.8 Å². The molecule has 0 radical (unpaired) electrons. The average Bonchev–Trinajstić information content (AvgIpc) is 2.53. The number of nitrogens with zero attached hydrogens (tertiary/aromatic N) is 3. The van der Waals surface area contributed by atoms with Gasteiger partial charge in [0.05, 0.1) is 7.11 Å². The van der Waals surface area contributed by atoms with Crippen LogP contribution in [-0.2, 0) is 0 Å². The lowest BCUT2D eigenvalue weighted by molar-refractivity contribution is 0.271. The molecule has 1 fully saturated rings. The second-order valence-corrected chi connectivity index (χ2v) is 5.56. The molecule has 2 heterocycles. The lowest BCUT2D eigenvalue weighted by atomic mass is 10.1. The number of pyridine rings is 1. The molecule has 0 atom stereocenters. The van der Waals surface area contributed by atoms with Crippen molar-refractivity contribution in [2.75, 3.05) is 44.7 Å². The van der Waals surface area contributed by atoms with Crippen LogP contribution >= 0.6 is 0 Å². The molecule has 1 saturated heterocycles. The third-order valence-corrected chi connectivity index (χ3v) is 4.29. The van der Waals surface area contributed by atoms with Gasteiger partial charge in [-0.2, -0.15) is 0 Å². The van der Waals surface area contributed by atoms with Crippen LogP contribution in [0.3, 0.4) is 0 Å². The number of aryl methyl sites for hydroxylation is 1. The molecule has 3 rings (SSSR count). The van der Waals surface area contributed by atoms with E-state index in [1.165, 1.54) is 11.1 Å². The molecule has 4 nitrogen and oxygen atoms in total. The first-order chi connectivity index (χ1) is 10.2. The van der Waals surface area contributed by atoms with Crippen LogP contribution in [0.2, 0.25) is 0 Å². The Bertz CT molecular complexity index is 633. The monoisotopic (exact) mass is 285 g/mol. The number of piperazine rings is 1. The molecule has 21 heavy (non-hydrogen) atoms. The SMILES string of the molecule is CCN1CCN(c2cc(C)nc3c(OC)cccc23)CC1. The fourth-order valence-electron chi connectivity index (χ4n) is 3.06. The van der Waals surface area contributed by atoms with Gasteiger partial charge in [-0.05, 0) is 25.6 Å². The molecule has 2 aromatic rings. The largest absolute Gasteiger partial charge is 0.494 e. The maximum atomic E-state index is 5.47. The molecule has 1 aliphatic rings. The summed E-state index contributed by atoms with van der Waals surface area (Å²) in [4.78, 5) is 9.64. The predicted octanol–water partition coefficient (Wildman–Crippen LogP) is 2.69. The molecule has 1 aliphatic heterocycles. The Morgan fingerprint density at radius 3 is 2.62 bits per heavy atom. The standard InChI is InChI=1S/C17H23N3O/c1-4-19-8-10-20(11-9-19)15-12-13(2)18-17-14(15)6-5-7-16(17)21-3/h5-7,12H,4,8-11H2,1-3H3. The van der Waals surface area contributed by atoms with Crippen LogP contribution < -0.4 is 9.64 Å². The molecule has 0 saturated carbocycles. The molecular weight excluding hydrogens is 262 g/mol. The van der Waals surface area contributed by atoms with E-state index >= 15 is 0 Å². The number of anilines is 1. The zero-order valence-corrected chi connectivity index (χ0v) is 13.1. The van der Waals surface area contributed by atoms with Crippen molar-refractivity contribution in [1.29, 1.82) is 0 Å². The Morgan fingerprint density at radius 1 is 1.19 bits per heavy atom. The van der Waals surface area contributed by atoms with Gasteiger partial charge in [-0.3, -0.25) is 0 Å². The van der Waals surface area contributed by atoms with E-state index in [-0.39, 0.29) is 0 Å². The number of rotatable bonds is 3. The van der Waals surface area contributed by atoms with Gasteiger partial charge in [0.15, 0.2) is 0 Å². The summed E-state index contributed by atoms with van der Waals surface area (Å²) in [5, 5.41) is 1.19. The number of para-hydroxylation sites is 1. The van der Waals surface area contributed by atoms with E-state index in [9.17, 15) is 0 Å². The summed E-state index contributed by atoms with van der Waals surface area (Å²) >= 11 is 0. The Morgan fingerprint density at radius 2 is 1.95 bits per heavy atom. The van der Waals surface area contributed by atoms with Crippen molar-refractivity contribution < 1.29 is 4.74 Å². The molecule has 0 bridgehead atoms. The molecule has 0 N–H and O–H groups in total. The van der Waals surface area contributed by atoms with Crippen LogP contribution in [0.25, 0.3) is 10.9 Å². The lowest BCUT2D eigenvalue weighted by Gasteiger charge is -2.36. The molecule has 0 amide bonds. The van der Waals surface area contributed by atoms with E-state index < -0.39 is 0 Å². The van der Waals surface area contributed by atoms with Crippen LogP contribution in [0.4, 0.5) is 5.69 Å². The van der Waals surface area contributed by atoms with Gasteiger partial charge in [-0.15, -0.1) is 0 Å². The van der Waals surface area contributed by atoms with Gasteiger partial charge >= 0.3 is 0 Å². The first kappa shape index (κ1) is 14.1. The summed E-state index contributed by atoms with van der Waals surface area (Å²) < 4.78 is 5.47. The number of hydrogen-bond acceptors (Lipinski definition) is 4. The summed E-state index contributed by atoms with van der Waals surface area (Å²) in [5.74, 6) is 0.852. The van der Waals surface area contributed by atoms with Gasteiger partial charge in [0.2, 0.25) is 0 Å². The zero-order valence-electron chi connectivity index (χ0n) is 13.1. The third kappa shape index (κ3) is 2.68. The highest BCUT2D eigenvalue weighted by molar-refractivity contribution is 5.95. The van der Waals surface area contributed by atoms with Crippen molar-refractivity contribution in [2.24, 2.45) is 0 Å². The molecule has 112 valence electrons. The van der Waals surface area contributed by atoms with Crippen molar-refractivity contribution in [1.82, 2.24) is 9.88 Å². The summed E-state index contributed by atoms with van der Waals surface area (Å²) in [6.07, 6.45) is 0. The predicted molar refractivity (Wildman–Crippen MR) is 87.4 cm³/mol. The second-order valence-electron chi connectivity index (χ2n) is 5.56. The number of aromatic nitrogens is 1. The van der Waals surface area contributed by atoms with E-state index in [0.29, 0.717) is 0 Å². The Hall–Kier alpha value is -1.81. The minimum atomic E-state index is 0.852. The first-order valence-electron chi connectivity index (χ1n) is 7.64. The lowest BCUT2D eigenvalue weighted by Crippen LogP contribution is -2.46. The van der Waals surface area contributed by atoms with Crippen LogP contribution in [-0.4, -0.2) is 49.7 Å².